The first kappa shape index (κ1) is 11.3. The maximum atomic E-state index is 13.3. The topological polar surface area (TPSA) is 0 Å². The SMILES string of the molecule is C=CC=C(C)C(C)(F)C(C)(F)F. The summed E-state index contributed by atoms with van der Waals surface area (Å²) in [4.78, 5) is 0. The molecule has 0 amide bonds. The van der Waals surface area contributed by atoms with Crippen LogP contribution >= 0.6 is 0 Å². The maximum Gasteiger partial charge on any atom is 0.282 e. The van der Waals surface area contributed by atoms with Crippen molar-refractivity contribution in [1.82, 2.24) is 0 Å². The van der Waals surface area contributed by atoms with Gasteiger partial charge in [0.15, 0.2) is 5.67 Å². The third kappa shape index (κ3) is 2.13. The lowest BCUT2D eigenvalue weighted by atomic mass is 9.92. The molecule has 0 fully saturated rings. The van der Waals surface area contributed by atoms with E-state index in [1.54, 1.807) is 0 Å². The monoisotopic (exact) mass is 178 g/mol. The van der Waals surface area contributed by atoms with Crippen molar-refractivity contribution in [3.8, 4) is 0 Å². The Kier molecular flexibility index (Phi) is 3.13. The second-order valence-corrected chi connectivity index (χ2v) is 2.98. The van der Waals surface area contributed by atoms with Crippen molar-refractivity contribution in [2.24, 2.45) is 0 Å². The van der Waals surface area contributed by atoms with Crippen molar-refractivity contribution in [2.45, 2.75) is 32.4 Å². The Hall–Kier alpha value is -0.730. The summed E-state index contributed by atoms with van der Waals surface area (Å²) in [7, 11) is 0. The lowest BCUT2D eigenvalue weighted by Gasteiger charge is -2.27. The van der Waals surface area contributed by atoms with E-state index < -0.39 is 11.6 Å². The Bertz CT molecular complexity index is 196. The van der Waals surface area contributed by atoms with Crippen molar-refractivity contribution in [3.63, 3.8) is 0 Å². The first-order valence-corrected chi connectivity index (χ1v) is 3.60. The van der Waals surface area contributed by atoms with Crippen LogP contribution in [0.2, 0.25) is 0 Å². The van der Waals surface area contributed by atoms with Gasteiger partial charge in [-0.05, 0) is 19.4 Å². The molecule has 0 saturated carbocycles. The summed E-state index contributed by atoms with van der Waals surface area (Å²) in [5, 5.41) is 0. The zero-order chi connectivity index (χ0) is 9.99. The molecule has 1 atom stereocenters. The molecule has 0 nitrogen and oxygen atoms in total. The second kappa shape index (κ2) is 3.33. The van der Waals surface area contributed by atoms with Crippen molar-refractivity contribution in [3.05, 3.63) is 24.3 Å². The minimum absolute atomic E-state index is 0.0231. The average Bonchev–Trinajstić information content (AvgIpc) is 1.85. The minimum atomic E-state index is -3.36. The molecule has 0 heterocycles. The number of alkyl halides is 3. The Morgan fingerprint density at radius 2 is 1.67 bits per heavy atom. The molecule has 0 N–H and O–H groups in total. The largest absolute Gasteiger partial charge is 0.282 e. The van der Waals surface area contributed by atoms with E-state index in [9.17, 15) is 13.2 Å². The number of hydrogen-bond acceptors (Lipinski definition) is 0. The van der Waals surface area contributed by atoms with Crippen molar-refractivity contribution >= 4 is 0 Å². The van der Waals surface area contributed by atoms with Gasteiger partial charge in [-0.15, -0.1) is 0 Å². The van der Waals surface area contributed by atoms with Crippen molar-refractivity contribution in [2.75, 3.05) is 0 Å². The summed E-state index contributed by atoms with van der Waals surface area (Å²) in [5.41, 5.74) is -2.62. The Labute approximate surface area is 70.8 Å². The van der Waals surface area contributed by atoms with Gasteiger partial charge >= 0.3 is 0 Å². The fourth-order valence-corrected chi connectivity index (χ4v) is 0.679. The predicted octanol–water partition coefficient (Wildman–Crippen LogP) is 3.50. The minimum Gasteiger partial charge on any atom is -0.233 e. The molecular weight excluding hydrogens is 165 g/mol. The first-order valence-electron chi connectivity index (χ1n) is 3.60. The standard InChI is InChI=1S/C9H13F3/c1-5-6-7(2)8(3,10)9(4,11)12/h5-6H,1H2,2-4H3. The van der Waals surface area contributed by atoms with E-state index in [1.807, 2.05) is 0 Å². The van der Waals surface area contributed by atoms with Crippen LogP contribution in [0.4, 0.5) is 13.2 Å². The third-order valence-corrected chi connectivity index (χ3v) is 1.93. The molecule has 0 rings (SSSR count). The van der Waals surface area contributed by atoms with Gasteiger partial charge in [-0.1, -0.05) is 18.7 Å². The summed E-state index contributed by atoms with van der Waals surface area (Å²) >= 11 is 0. The molecule has 0 spiro atoms. The van der Waals surface area contributed by atoms with E-state index >= 15 is 0 Å². The highest BCUT2D eigenvalue weighted by Gasteiger charge is 2.47. The number of hydrogen-bond donors (Lipinski definition) is 0. The van der Waals surface area contributed by atoms with Crippen LogP contribution in [0.3, 0.4) is 0 Å². The highest BCUT2D eigenvalue weighted by molar-refractivity contribution is 5.21. The highest BCUT2D eigenvalue weighted by atomic mass is 19.3. The molecule has 0 aromatic carbocycles. The van der Waals surface area contributed by atoms with E-state index in [4.69, 9.17) is 0 Å². The van der Waals surface area contributed by atoms with E-state index in [0.29, 0.717) is 6.92 Å². The van der Waals surface area contributed by atoms with Crippen LogP contribution in [0.15, 0.2) is 24.3 Å². The summed E-state index contributed by atoms with van der Waals surface area (Å²) in [6.07, 6.45) is 2.54. The van der Waals surface area contributed by atoms with Gasteiger partial charge in [-0.2, -0.15) is 0 Å². The first-order chi connectivity index (χ1) is 5.23. The molecule has 3 heteroatoms. The lowest BCUT2D eigenvalue weighted by molar-refractivity contribution is -0.0938. The van der Waals surface area contributed by atoms with Crippen molar-refractivity contribution in [1.29, 1.82) is 0 Å². The van der Waals surface area contributed by atoms with Crippen LogP contribution in [0.25, 0.3) is 0 Å². The number of halogens is 3. The van der Waals surface area contributed by atoms with Gasteiger partial charge < -0.3 is 0 Å². The van der Waals surface area contributed by atoms with Gasteiger partial charge in [-0.25, -0.2) is 13.2 Å². The van der Waals surface area contributed by atoms with Crippen LogP contribution in [0, 0.1) is 0 Å². The van der Waals surface area contributed by atoms with Gasteiger partial charge in [0.25, 0.3) is 5.92 Å². The van der Waals surface area contributed by atoms with Gasteiger partial charge in [0, 0.05) is 6.92 Å². The maximum absolute atomic E-state index is 13.3. The van der Waals surface area contributed by atoms with Crippen LogP contribution in [-0.4, -0.2) is 11.6 Å². The molecule has 0 aliphatic heterocycles. The van der Waals surface area contributed by atoms with Gasteiger partial charge in [0.05, 0.1) is 0 Å². The molecule has 0 aliphatic rings. The Balaban J connectivity index is 4.85. The quantitative estimate of drug-likeness (QED) is 0.580. The summed E-state index contributed by atoms with van der Waals surface area (Å²) in [5.74, 6) is -3.36. The summed E-state index contributed by atoms with van der Waals surface area (Å²) < 4.78 is 38.6. The molecule has 0 aliphatic carbocycles. The Morgan fingerprint density at radius 1 is 1.25 bits per heavy atom. The van der Waals surface area contributed by atoms with E-state index in [0.717, 1.165) is 6.92 Å². The number of allylic oxidation sites excluding steroid dienone is 3. The zero-order valence-electron chi connectivity index (χ0n) is 7.50. The van der Waals surface area contributed by atoms with Gasteiger partial charge in [-0.3, -0.25) is 0 Å². The fourth-order valence-electron chi connectivity index (χ4n) is 0.679. The molecule has 12 heavy (non-hydrogen) atoms. The highest BCUT2D eigenvalue weighted by Crippen LogP contribution is 2.37. The Morgan fingerprint density at radius 3 is 1.92 bits per heavy atom. The fraction of sp³-hybridized carbons (Fsp3) is 0.556. The predicted molar refractivity (Wildman–Crippen MR) is 44.1 cm³/mol. The number of rotatable bonds is 3. The summed E-state index contributed by atoms with van der Waals surface area (Å²) in [6, 6.07) is 0. The summed E-state index contributed by atoms with van der Waals surface area (Å²) in [6.45, 7) is 6.05. The lowest BCUT2D eigenvalue weighted by Crippen LogP contribution is -2.39. The molecule has 0 radical (unpaired) electrons. The normalized spacial score (nSPS) is 18.7. The van der Waals surface area contributed by atoms with E-state index in [2.05, 4.69) is 6.58 Å². The van der Waals surface area contributed by atoms with Crippen LogP contribution in [0.1, 0.15) is 20.8 Å². The molecule has 0 aromatic rings. The van der Waals surface area contributed by atoms with E-state index in [-0.39, 0.29) is 5.57 Å². The zero-order valence-corrected chi connectivity index (χ0v) is 7.50. The van der Waals surface area contributed by atoms with Gasteiger partial charge in [0.2, 0.25) is 0 Å². The van der Waals surface area contributed by atoms with E-state index in [1.165, 1.54) is 19.1 Å². The van der Waals surface area contributed by atoms with Crippen molar-refractivity contribution < 1.29 is 13.2 Å². The van der Waals surface area contributed by atoms with Crippen LogP contribution < -0.4 is 0 Å². The molecule has 0 saturated heterocycles. The smallest absolute Gasteiger partial charge is 0.233 e. The molecule has 70 valence electrons. The van der Waals surface area contributed by atoms with Crippen LogP contribution in [-0.2, 0) is 0 Å². The molecule has 0 aromatic heterocycles. The molecular formula is C9H13F3. The second-order valence-electron chi connectivity index (χ2n) is 2.98. The third-order valence-electron chi connectivity index (χ3n) is 1.93. The molecule has 1 unspecified atom stereocenters. The average molecular weight is 178 g/mol. The molecule has 0 bridgehead atoms. The van der Waals surface area contributed by atoms with Crippen LogP contribution in [0.5, 0.6) is 0 Å². The van der Waals surface area contributed by atoms with Gasteiger partial charge in [0.1, 0.15) is 0 Å².